The van der Waals surface area contributed by atoms with Crippen LogP contribution < -0.4 is 5.32 Å². The fourth-order valence-electron chi connectivity index (χ4n) is 2.27. The summed E-state index contributed by atoms with van der Waals surface area (Å²) in [7, 11) is -0.972. The molecule has 0 spiro atoms. The molecule has 1 aromatic carbocycles. The molecule has 1 aliphatic carbocycles. The third-order valence-electron chi connectivity index (χ3n) is 3.84. The van der Waals surface area contributed by atoms with Crippen LogP contribution in [-0.2, 0) is 21.0 Å². The summed E-state index contributed by atoms with van der Waals surface area (Å²) in [5.41, 5.74) is 0.357. The van der Waals surface area contributed by atoms with Gasteiger partial charge in [-0.3, -0.25) is 9.00 Å². The predicted molar refractivity (Wildman–Crippen MR) is 83.1 cm³/mol. The van der Waals surface area contributed by atoms with E-state index in [-0.39, 0.29) is 16.5 Å². The van der Waals surface area contributed by atoms with Gasteiger partial charge >= 0.3 is 0 Å². The first-order valence-electron chi connectivity index (χ1n) is 7.18. The average Bonchev–Trinajstić information content (AvgIpc) is 3.19. The Labute approximate surface area is 127 Å². The SMILES string of the molecule is CC(C)(C)[S@@](=O)CCNC(=O)C1(c2ccc(F)cc2)CC1. The van der Waals surface area contributed by atoms with Crippen molar-refractivity contribution in [2.45, 2.75) is 43.8 Å². The Hall–Kier alpha value is -1.23. The Morgan fingerprint density at radius 2 is 1.86 bits per heavy atom. The highest BCUT2D eigenvalue weighted by Gasteiger charge is 2.51. The predicted octanol–water partition coefficient (Wildman–Crippen LogP) is 2.52. The molecule has 0 radical (unpaired) electrons. The summed E-state index contributed by atoms with van der Waals surface area (Å²) in [4.78, 5) is 12.3. The minimum absolute atomic E-state index is 0.0417. The molecule has 0 saturated heterocycles. The van der Waals surface area contributed by atoms with Crippen molar-refractivity contribution in [2.24, 2.45) is 0 Å². The molecule has 0 aliphatic heterocycles. The summed E-state index contributed by atoms with van der Waals surface area (Å²) in [5, 5.41) is 2.88. The van der Waals surface area contributed by atoms with E-state index in [9.17, 15) is 13.4 Å². The number of amides is 1. The van der Waals surface area contributed by atoms with Crippen molar-refractivity contribution >= 4 is 16.7 Å². The van der Waals surface area contributed by atoms with Gasteiger partial charge in [0.15, 0.2) is 0 Å². The van der Waals surface area contributed by atoms with Crippen LogP contribution in [0, 0.1) is 5.82 Å². The molecule has 1 aliphatic rings. The van der Waals surface area contributed by atoms with Gasteiger partial charge in [-0.2, -0.15) is 0 Å². The lowest BCUT2D eigenvalue weighted by molar-refractivity contribution is -0.123. The van der Waals surface area contributed by atoms with Gasteiger partial charge in [0, 0.05) is 27.8 Å². The van der Waals surface area contributed by atoms with E-state index in [1.807, 2.05) is 20.8 Å². The van der Waals surface area contributed by atoms with Gasteiger partial charge in [-0.05, 0) is 51.3 Å². The maximum absolute atomic E-state index is 13.0. The molecular weight excluding hydrogens is 289 g/mol. The van der Waals surface area contributed by atoms with E-state index in [0.29, 0.717) is 12.3 Å². The van der Waals surface area contributed by atoms with E-state index in [1.54, 1.807) is 12.1 Å². The number of nitrogens with one attached hydrogen (secondary N) is 1. The second kappa shape index (κ2) is 5.87. The first-order chi connectivity index (χ1) is 9.75. The third kappa shape index (κ3) is 3.70. The van der Waals surface area contributed by atoms with Crippen LogP contribution in [0.1, 0.15) is 39.2 Å². The molecule has 1 fully saturated rings. The maximum atomic E-state index is 13.0. The Morgan fingerprint density at radius 1 is 1.29 bits per heavy atom. The molecule has 0 unspecified atom stereocenters. The highest BCUT2D eigenvalue weighted by Crippen LogP contribution is 2.48. The summed E-state index contributed by atoms with van der Waals surface area (Å²) < 4.78 is 24.6. The molecule has 2 rings (SSSR count). The van der Waals surface area contributed by atoms with Gasteiger partial charge in [0.25, 0.3) is 0 Å². The Morgan fingerprint density at radius 3 is 2.33 bits per heavy atom. The fraction of sp³-hybridized carbons (Fsp3) is 0.562. The van der Waals surface area contributed by atoms with Gasteiger partial charge in [-0.25, -0.2) is 4.39 Å². The number of benzene rings is 1. The van der Waals surface area contributed by atoms with Crippen LogP contribution in [0.5, 0.6) is 0 Å². The molecule has 1 atom stereocenters. The van der Waals surface area contributed by atoms with Crippen LogP contribution in [-0.4, -0.2) is 27.2 Å². The van der Waals surface area contributed by atoms with Crippen LogP contribution in [0.15, 0.2) is 24.3 Å². The van der Waals surface area contributed by atoms with Crippen LogP contribution in [0.2, 0.25) is 0 Å². The van der Waals surface area contributed by atoms with Gasteiger partial charge in [0.05, 0.1) is 5.41 Å². The molecule has 21 heavy (non-hydrogen) atoms. The first kappa shape index (κ1) is 16.1. The smallest absolute Gasteiger partial charge is 0.230 e. The number of carbonyl (C=O) groups is 1. The zero-order chi connectivity index (χ0) is 15.7. The van der Waals surface area contributed by atoms with Gasteiger partial charge in [0.1, 0.15) is 5.82 Å². The largest absolute Gasteiger partial charge is 0.354 e. The molecule has 5 heteroatoms. The second-order valence-electron chi connectivity index (χ2n) is 6.51. The van der Waals surface area contributed by atoms with Crippen LogP contribution in [0.3, 0.4) is 0 Å². The van der Waals surface area contributed by atoms with E-state index in [2.05, 4.69) is 5.32 Å². The molecule has 1 aromatic rings. The van der Waals surface area contributed by atoms with E-state index in [0.717, 1.165) is 18.4 Å². The maximum Gasteiger partial charge on any atom is 0.230 e. The van der Waals surface area contributed by atoms with Crippen molar-refractivity contribution in [1.29, 1.82) is 0 Å². The zero-order valence-corrected chi connectivity index (χ0v) is 13.6. The summed E-state index contributed by atoms with van der Waals surface area (Å²) in [5.74, 6) is 0.116. The zero-order valence-electron chi connectivity index (χ0n) is 12.7. The highest BCUT2D eigenvalue weighted by molar-refractivity contribution is 7.86. The summed E-state index contributed by atoms with van der Waals surface area (Å²) in [6.07, 6.45) is 1.57. The van der Waals surface area contributed by atoms with E-state index < -0.39 is 16.2 Å². The van der Waals surface area contributed by atoms with E-state index in [1.165, 1.54) is 12.1 Å². The summed E-state index contributed by atoms with van der Waals surface area (Å²) >= 11 is 0. The molecular formula is C16H22FNO2S. The van der Waals surface area contributed by atoms with Crippen molar-refractivity contribution in [1.82, 2.24) is 5.32 Å². The van der Waals surface area contributed by atoms with Crippen molar-refractivity contribution in [3.05, 3.63) is 35.6 Å². The number of halogens is 1. The lowest BCUT2D eigenvalue weighted by Gasteiger charge is -2.19. The molecule has 1 N–H and O–H groups in total. The van der Waals surface area contributed by atoms with Crippen molar-refractivity contribution in [3.8, 4) is 0 Å². The fourth-order valence-corrected chi connectivity index (χ4v) is 3.17. The van der Waals surface area contributed by atoms with Gasteiger partial charge in [-0.15, -0.1) is 0 Å². The van der Waals surface area contributed by atoms with Crippen LogP contribution in [0.4, 0.5) is 4.39 Å². The molecule has 0 heterocycles. The normalized spacial score (nSPS) is 18.1. The molecule has 3 nitrogen and oxygen atoms in total. The Balaban J connectivity index is 1.92. The second-order valence-corrected chi connectivity index (χ2v) is 8.83. The molecule has 0 bridgehead atoms. The third-order valence-corrected chi connectivity index (χ3v) is 5.78. The van der Waals surface area contributed by atoms with Crippen LogP contribution in [0.25, 0.3) is 0 Å². The Kier molecular flexibility index (Phi) is 4.51. The quantitative estimate of drug-likeness (QED) is 0.908. The molecule has 0 aromatic heterocycles. The standard InChI is InChI=1S/C16H22FNO2S/c1-15(2,3)21(20)11-10-18-14(19)16(8-9-16)12-4-6-13(17)7-5-12/h4-7H,8-11H2,1-3H3,(H,18,19)/t21-/m0/s1. The lowest BCUT2D eigenvalue weighted by Crippen LogP contribution is -2.38. The van der Waals surface area contributed by atoms with E-state index >= 15 is 0 Å². The van der Waals surface area contributed by atoms with Gasteiger partial charge in [0.2, 0.25) is 5.91 Å². The monoisotopic (exact) mass is 311 g/mol. The first-order valence-corrected chi connectivity index (χ1v) is 8.50. The van der Waals surface area contributed by atoms with E-state index in [4.69, 9.17) is 0 Å². The van der Waals surface area contributed by atoms with Gasteiger partial charge in [-0.1, -0.05) is 12.1 Å². The molecule has 1 amide bonds. The number of carbonyl (C=O) groups excluding carboxylic acids is 1. The molecule has 1 saturated carbocycles. The summed E-state index contributed by atoms with van der Waals surface area (Å²) in [6, 6.07) is 6.12. The number of hydrogen-bond donors (Lipinski definition) is 1. The highest BCUT2D eigenvalue weighted by atomic mass is 32.2. The van der Waals surface area contributed by atoms with Crippen LogP contribution >= 0.6 is 0 Å². The molecule has 116 valence electrons. The van der Waals surface area contributed by atoms with Crippen molar-refractivity contribution < 1.29 is 13.4 Å². The lowest BCUT2D eigenvalue weighted by atomic mass is 9.95. The number of rotatable bonds is 5. The topological polar surface area (TPSA) is 46.2 Å². The minimum atomic E-state index is -0.972. The number of hydrogen-bond acceptors (Lipinski definition) is 2. The summed E-state index contributed by atoms with van der Waals surface area (Å²) in [6.45, 7) is 6.18. The Bertz CT molecular complexity index is 544. The van der Waals surface area contributed by atoms with Crippen molar-refractivity contribution in [3.63, 3.8) is 0 Å². The van der Waals surface area contributed by atoms with Gasteiger partial charge < -0.3 is 5.32 Å². The average molecular weight is 311 g/mol. The van der Waals surface area contributed by atoms with Crippen molar-refractivity contribution in [2.75, 3.05) is 12.3 Å². The minimum Gasteiger partial charge on any atom is -0.354 e.